The largest absolute Gasteiger partial charge is 0.342 e. The van der Waals surface area contributed by atoms with Gasteiger partial charge in [-0.3, -0.25) is 9.78 Å². The molecule has 21 heavy (non-hydrogen) atoms. The number of rotatable bonds is 4. The van der Waals surface area contributed by atoms with Crippen LogP contribution in [-0.4, -0.2) is 21.1 Å². The number of nitrogens with one attached hydrogen (secondary N) is 3. The van der Waals surface area contributed by atoms with E-state index < -0.39 is 23.5 Å². The normalized spacial score (nSPS) is 12.4. The maximum Gasteiger partial charge on any atom is 0.341 e. The van der Waals surface area contributed by atoms with Crippen LogP contribution in [0.4, 0.5) is 4.39 Å². The Morgan fingerprint density at radius 1 is 1.43 bits per heavy atom. The summed E-state index contributed by atoms with van der Waals surface area (Å²) in [7, 11) is 0. The average Bonchev–Trinajstić information content (AvgIpc) is 2.83. The van der Waals surface area contributed by atoms with Crippen LogP contribution in [0.1, 0.15) is 36.1 Å². The maximum atomic E-state index is 14.0. The van der Waals surface area contributed by atoms with Gasteiger partial charge in [-0.15, -0.1) is 5.10 Å². The molecule has 0 saturated carbocycles. The molecule has 2 aromatic rings. The van der Waals surface area contributed by atoms with E-state index in [0.29, 0.717) is 5.56 Å². The van der Waals surface area contributed by atoms with Gasteiger partial charge in [0.05, 0.1) is 6.04 Å². The number of aromatic nitrogens is 3. The third kappa shape index (κ3) is 3.49. The number of amides is 1. The molecule has 0 fully saturated rings. The number of hydrogen-bond acceptors (Lipinski definition) is 3. The predicted octanol–water partition coefficient (Wildman–Crippen LogP) is 2.02. The molecule has 1 unspecified atom stereocenters. The van der Waals surface area contributed by atoms with Gasteiger partial charge < -0.3 is 5.32 Å². The highest BCUT2D eigenvalue weighted by molar-refractivity contribution is 6.30. The van der Waals surface area contributed by atoms with E-state index in [2.05, 4.69) is 20.5 Å². The van der Waals surface area contributed by atoms with Gasteiger partial charge in [-0.25, -0.2) is 14.3 Å². The fourth-order valence-electron chi connectivity index (χ4n) is 1.94. The molecule has 0 aliphatic carbocycles. The number of carbonyl (C=O) groups is 1. The second-order valence-corrected chi connectivity index (χ2v) is 5.32. The van der Waals surface area contributed by atoms with E-state index >= 15 is 0 Å². The zero-order valence-electron chi connectivity index (χ0n) is 11.4. The van der Waals surface area contributed by atoms with Crippen LogP contribution in [0.2, 0.25) is 5.02 Å². The Morgan fingerprint density at radius 2 is 2.14 bits per heavy atom. The van der Waals surface area contributed by atoms with Gasteiger partial charge in [0.25, 0.3) is 5.91 Å². The first-order chi connectivity index (χ1) is 9.88. The van der Waals surface area contributed by atoms with Crippen molar-refractivity contribution in [2.24, 2.45) is 5.92 Å². The third-order valence-electron chi connectivity index (χ3n) is 2.97. The van der Waals surface area contributed by atoms with Crippen LogP contribution in [0, 0.1) is 11.7 Å². The summed E-state index contributed by atoms with van der Waals surface area (Å²) in [4.78, 5) is 25.2. The number of hydrogen-bond donors (Lipinski definition) is 3. The molecule has 3 N–H and O–H groups in total. The molecular weight excluding hydrogens is 299 g/mol. The van der Waals surface area contributed by atoms with Crippen molar-refractivity contribution < 1.29 is 9.18 Å². The van der Waals surface area contributed by atoms with Crippen LogP contribution in [-0.2, 0) is 0 Å². The summed E-state index contributed by atoms with van der Waals surface area (Å²) in [5.74, 6) is -1.33. The summed E-state index contributed by atoms with van der Waals surface area (Å²) >= 11 is 5.72. The fraction of sp³-hybridized carbons (Fsp3) is 0.308. The Balaban J connectivity index is 2.27. The molecule has 1 atom stereocenters. The number of H-pyrrole nitrogens is 2. The first-order valence-electron chi connectivity index (χ1n) is 6.29. The Labute approximate surface area is 124 Å². The summed E-state index contributed by atoms with van der Waals surface area (Å²) in [6, 6.07) is 3.69. The van der Waals surface area contributed by atoms with E-state index in [1.165, 1.54) is 12.1 Å². The van der Waals surface area contributed by atoms with Gasteiger partial charge >= 0.3 is 5.69 Å². The summed E-state index contributed by atoms with van der Waals surface area (Å²) in [5, 5.41) is 8.56. The first kappa shape index (κ1) is 15.2. The maximum absolute atomic E-state index is 14.0. The van der Waals surface area contributed by atoms with Crippen molar-refractivity contribution in [1.29, 1.82) is 0 Å². The smallest absolute Gasteiger partial charge is 0.341 e. The third-order valence-corrected chi connectivity index (χ3v) is 3.20. The monoisotopic (exact) mass is 312 g/mol. The quantitative estimate of drug-likeness (QED) is 0.806. The Kier molecular flexibility index (Phi) is 4.42. The second-order valence-electron chi connectivity index (χ2n) is 4.89. The van der Waals surface area contributed by atoms with Gasteiger partial charge in [-0.1, -0.05) is 31.5 Å². The van der Waals surface area contributed by atoms with Gasteiger partial charge in [0.15, 0.2) is 0 Å². The van der Waals surface area contributed by atoms with E-state index in [1.54, 1.807) is 6.07 Å². The van der Waals surface area contributed by atoms with E-state index in [0.717, 1.165) is 0 Å². The van der Waals surface area contributed by atoms with Crippen molar-refractivity contribution >= 4 is 17.5 Å². The summed E-state index contributed by atoms with van der Waals surface area (Å²) in [6.07, 6.45) is 0. The van der Waals surface area contributed by atoms with Crippen LogP contribution in [0.5, 0.6) is 0 Å². The molecule has 112 valence electrons. The van der Waals surface area contributed by atoms with E-state index in [1.807, 2.05) is 13.8 Å². The van der Waals surface area contributed by atoms with Gasteiger partial charge in [-0.2, -0.15) is 0 Å². The van der Waals surface area contributed by atoms with Gasteiger partial charge in [-0.05, 0) is 18.1 Å². The molecule has 0 bridgehead atoms. The molecule has 1 heterocycles. The van der Waals surface area contributed by atoms with Gasteiger partial charge in [0.2, 0.25) is 5.82 Å². The minimum atomic E-state index is -0.596. The second kappa shape index (κ2) is 6.09. The molecule has 0 saturated heterocycles. The minimum absolute atomic E-state index is 0.0738. The molecule has 0 aliphatic rings. The molecule has 6 nitrogen and oxygen atoms in total. The highest BCUT2D eigenvalue weighted by Crippen LogP contribution is 2.26. The highest BCUT2D eigenvalue weighted by Gasteiger charge is 2.23. The zero-order chi connectivity index (χ0) is 15.6. The van der Waals surface area contributed by atoms with E-state index in [4.69, 9.17) is 11.6 Å². The molecule has 2 rings (SSSR count). The van der Waals surface area contributed by atoms with Crippen LogP contribution in [0.3, 0.4) is 0 Å². The molecule has 0 spiro atoms. The van der Waals surface area contributed by atoms with Crippen molar-refractivity contribution in [3.8, 4) is 0 Å². The molecule has 0 radical (unpaired) electrons. The Bertz CT molecular complexity index is 710. The van der Waals surface area contributed by atoms with Crippen LogP contribution in [0.25, 0.3) is 0 Å². The molecule has 0 aliphatic heterocycles. The summed E-state index contributed by atoms with van der Waals surface area (Å²) in [6.45, 7) is 3.68. The number of carbonyl (C=O) groups excluding carboxylic acids is 1. The topological polar surface area (TPSA) is 90.6 Å². The molecule has 1 aromatic heterocycles. The van der Waals surface area contributed by atoms with Crippen LogP contribution >= 0.6 is 11.6 Å². The number of benzene rings is 1. The predicted molar refractivity (Wildman–Crippen MR) is 75.7 cm³/mol. The van der Waals surface area contributed by atoms with E-state index in [-0.39, 0.29) is 16.8 Å². The Morgan fingerprint density at radius 3 is 2.67 bits per heavy atom. The molecular formula is C13H14ClFN4O2. The molecule has 1 aromatic carbocycles. The lowest BCUT2D eigenvalue weighted by atomic mass is 9.95. The van der Waals surface area contributed by atoms with E-state index in [9.17, 15) is 14.0 Å². The van der Waals surface area contributed by atoms with Gasteiger partial charge in [0, 0.05) is 10.6 Å². The van der Waals surface area contributed by atoms with Crippen molar-refractivity contribution in [3.63, 3.8) is 0 Å². The fourth-order valence-corrected chi connectivity index (χ4v) is 2.10. The summed E-state index contributed by atoms with van der Waals surface area (Å²) < 4.78 is 14.0. The first-order valence-corrected chi connectivity index (χ1v) is 6.66. The molecule has 1 amide bonds. The van der Waals surface area contributed by atoms with Crippen molar-refractivity contribution in [3.05, 3.63) is 50.9 Å². The molecule has 8 heteroatoms. The average molecular weight is 313 g/mol. The zero-order valence-corrected chi connectivity index (χ0v) is 12.2. The Hall–Kier alpha value is -2.15. The number of aromatic amines is 2. The summed E-state index contributed by atoms with van der Waals surface area (Å²) in [5.41, 5.74) is -0.264. The van der Waals surface area contributed by atoms with Crippen LogP contribution < -0.4 is 11.0 Å². The minimum Gasteiger partial charge on any atom is -0.342 e. The van der Waals surface area contributed by atoms with Crippen molar-refractivity contribution in [2.45, 2.75) is 19.9 Å². The lowest BCUT2D eigenvalue weighted by molar-refractivity contribution is 0.0914. The van der Waals surface area contributed by atoms with Crippen molar-refractivity contribution in [2.75, 3.05) is 0 Å². The van der Waals surface area contributed by atoms with Crippen molar-refractivity contribution in [1.82, 2.24) is 20.5 Å². The SMILES string of the molecule is CC(C)C(NC(=O)c1n[nH]c(=O)[nH]1)c1ccc(Cl)cc1F. The number of nitrogens with zero attached hydrogens (tertiary/aromatic N) is 1. The lowest BCUT2D eigenvalue weighted by Gasteiger charge is -2.22. The highest BCUT2D eigenvalue weighted by atomic mass is 35.5. The van der Waals surface area contributed by atoms with Crippen LogP contribution in [0.15, 0.2) is 23.0 Å². The van der Waals surface area contributed by atoms with Gasteiger partial charge in [0.1, 0.15) is 5.82 Å². The standard InChI is InChI=1S/C13H14ClFN4O2/c1-6(2)10(8-4-3-7(14)5-9(8)15)16-12(20)11-17-13(21)19-18-11/h3-6,10H,1-2H3,(H,16,20)(H2,17,18,19,21). The number of halogens is 2. The lowest BCUT2D eigenvalue weighted by Crippen LogP contribution is -2.33.